The van der Waals surface area contributed by atoms with Crippen molar-refractivity contribution in [3.05, 3.63) is 59.1 Å². The highest BCUT2D eigenvalue weighted by Gasteiger charge is 2.22. The first-order valence-corrected chi connectivity index (χ1v) is 7.79. The molecular weight excluding hydrogens is 325 g/mol. The molecule has 1 aromatic carbocycles. The number of hydrogen-bond donors (Lipinski definition) is 2. The second kappa shape index (κ2) is 8.23. The number of oxime groups is 1. The third kappa shape index (κ3) is 4.76. The molecule has 2 rings (SSSR count). The van der Waals surface area contributed by atoms with E-state index in [1.54, 1.807) is 37.1 Å². The third-order valence-corrected chi connectivity index (χ3v) is 3.66. The molecule has 0 spiro atoms. The zero-order valence-corrected chi connectivity index (χ0v) is 14.1. The molecule has 6 nitrogen and oxygen atoms in total. The van der Waals surface area contributed by atoms with Crippen molar-refractivity contribution >= 4 is 17.4 Å². The van der Waals surface area contributed by atoms with Crippen molar-refractivity contribution in [1.29, 1.82) is 5.41 Å². The summed E-state index contributed by atoms with van der Waals surface area (Å²) >= 11 is 0. The molecule has 7 heteroatoms. The van der Waals surface area contributed by atoms with Crippen LogP contribution >= 0.6 is 0 Å². The molecule has 1 aromatic rings. The first-order chi connectivity index (χ1) is 11.9. The van der Waals surface area contributed by atoms with Gasteiger partial charge in [-0.05, 0) is 42.3 Å². The van der Waals surface area contributed by atoms with Gasteiger partial charge >= 0.3 is 5.97 Å². The highest BCUT2D eigenvalue weighted by atomic mass is 19.1. The van der Waals surface area contributed by atoms with Gasteiger partial charge in [0.25, 0.3) is 0 Å². The van der Waals surface area contributed by atoms with Crippen LogP contribution < -0.4 is 0 Å². The van der Waals surface area contributed by atoms with Crippen LogP contribution in [0.3, 0.4) is 0 Å². The largest absolute Gasteiger partial charge is 0.466 e. The van der Waals surface area contributed by atoms with Gasteiger partial charge in [-0.1, -0.05) is 17.3 Å². The Morgan fingerprint density at radius 3 is 2.60 bits per heavy atom. The average molecular weight is 345 g/mol. The summed E-state index contributed by atoms with van der Waals surface area (Å²) in [5, 5.41) is 20.4. The number of rotatable bonds is 6. The maximum absolute atomic E-state index is 13.0. The Morgan fingerprint density at radius 2 is 2.00 bits per heavy atom. The van der Waals surface area contributed by atoms with Gasteiger partial charge in [0.1, 0.15) is 17.2 Å². The summed E-state index contributed by atoms with van der Waals surface area (Å²) in [6.07, 6.45) is 3.19. The maximum atomic E-state index is 13.0. The molecule has 0 amide bonds. The maximum Gasteiger partial charge on any atom is 0.310 e. The highest BCUT2D eigenvalue weighted by molar-refractivity contribution is 6.51. The van der Waals surface area contributed by atoms with E-state index in [1.165, 1.54) is 18.2 Å². The van der Waals surface area contributed by atoms with Crippen LogP contribution in [0, 0.1) is 11.2 Å². The third-order valence-electron chi connectivity index (χ3n) is 3.66. The summed E-state index contributed by atoms with van der Waals surface area (Å²) in [4.78, 5) is 13.5. The van der Waals surface area contributed by atoms with Gasteiger partial charge in [0.05, 0.1) is 18.7 Å². The van der Waals surface area contributed by atoms with Crippen molar-refractivity contribution in [2.24, 2.45) is 5.16 Å². The molecule has 0 heterocycles. The van der Waals surface area contributed by atoms with Crippen molar-refractivity contribution in [2.75, 3.05) is 13.7 Å². The molecule has 0 aliphatic heterocycles. The van der Waals surface area contributed by atoms with Crippen molar-refractivity contribution < 1.29 is 19.1 Å². The molecule has 0 fully saturated rings. The lowest BCUT2D eigenvalue weighted by Crippen LogP contribution is -2.30. The Hall–Kier alpha value is -2.96. The number of nitrogens with one attached hydrogen (secondary N) is 1. The number of esters is 1. The lowest BCUT2D eigenvalue weighted by atomic mass is 9.97. The standard InChI is InChI=1S/C18H20FN3O3/c1-3-25-17(23)10-13-8-15(21-24)18(20)16(9-13)22(2)11-12-4-6-14(19)7-5-12/h4-9,20,24H,3,10-11H2,1-2H3/b20-18?,21-15-. The second-order valence-corrected chi connectivity index (χ2v) is 5.57. The molecule has 0 saturated carbocycles. The van der Waals surface area contributed by atoms with Crippen LogP contribution in [0.4, 0.5) is 4.39 Å². The van der Waals surface area contributed by atoms with Crippen LogP contribution in [0.5, 0.6) is 0 Å². The van der Waals surface area contributed by atoms with Gasteiger partial charge in [0.2, 0.25) is 0 Å². The Balaban J connectivity index is 2.21. The molecule has 132 valence electrons. The van der Waals surface area contributed by atoms with Crippen LogP contribution in [0.25, 0.3) is 0 Å². The number of ether oxygens (including phenoxy) is 1. The molecule has 0 aromatic heterocycles. The zero-order valence-electron chi connectivity index (χ0n) is 14.1. The lowest BCUT2D eigenvalue weighted by Gasteiger charge is -2.26. The van der Waals surface area contributed by atoms with E-state index in [9.17, 15) is 9.18 Å². The SMILES string of the molecule is CCOC(=O)CC1=C/C(=N/O)C(=N)C(N(C)Cc2ccc(F)cc2)=C1. The van der Waals surface area contributed by atoms with E-state index in [1.807, 2.05) is 0 Å². The van der Waals surface area contributed by atoms with Crippen LogP contribution in [-0.2, 0) is 16.1 Å². The molecule has 1 aliphatic rings. The predicted molar refractivity (Wildman–Crippen MR) is 92.2 cm³/mol. The van der Waals surface area contributed by atoms with Crippen LogP contribution in [-0.4, -0.2) is 41.2 Å². The summed E-state index contributed by atoms with van der Waals surface area (Å²) in [7, 11) is 1.77. The minimum atomic E-state index is -0.392. The number of allylic oxidation sites excluding steroid dienone is 3. The monoisotopic (exact) mass is 345 g/mol. The van der Waals surface area contributed by atoms with Gasteiger partial charge < -0.3 is 14.8 Å². The molecule has 0 atom stereocenters. The summed E-state index contributed by atoms with van der Waals surface area (Å²) in [6, 6.07) is 6.07. The topological polar surface area (TPSA) is 86.0 Å². The first kappa shape index (κ1) is 18.4. The molecule has 0 unspecified atom stereocenters. The summed E-state index contributed by atoms with van der Waals surface area (Å²) in [6.45, 7) is 2.44. The molecule has 0 radical (unpaired) electrons. The quantitative estimate of drug-likeness (QED) is 0.359. The van der Waals surface area contributed by atoms with Crippen LogP contribution in [0.2, 0.25) is 0 Å². The fraction of sp³-hybridized carbons (Fsp3) is 0.278. The summed E-state index contributed by atoms with van der Waals surface area (Å²) in [5.41, 5.74) is 2.06. The minimum Gasteiger partial charge on any atom is -0.466 e. The van der Waals surface area contributed by atoms with E-state index in [0.717, 1.165) is 5.56 Å². The van der Waals surface area contributed by atoms with E-state index in [0.29, 0.717) is 17.8 Å². The number of benzene rings is 1. The molecule has 0 bridgehead atoms. The van der Waals surface area contributed by atoms with Crippen LogP contribution in [0.1, 0.15) is 18.9 Å². The first-order valence-electron chi connectivity index (χ1n) is 7.79. The van der Waals surface area contributed by atoms with E-state index in [2.05, 4.69) is 5.16 Å². The molecule has 1 aliphatic carbocycles. The number of hydrogen-bond acceptors (Lipinski definition) is 6. The van der Waals surface area contributed by atoms with Crippen molar-refractivity contribution in [1.82, 2.24) is 4.90 Å². The predicted octanol–water partition coefficient (Wildman–Crippen LogP) is 2.88. The number of halogens is 1. The Morgan fingerprint density at radius 1 is 1.32 bits per heavy atom. The van der Waals surface area contributed by atoms with E-state index in [-0.39, 0.29) is 30.3 Å². The van der Waals surface area contributed by atoms with Crippen LogP contribution in [0.15, 0.2) is 52.8 Å². The van der Waals surface area contributed by atoms with Gasteiger partial charge in [0.15, 0.2) is 0 Å². The highest BCUT2D eigenvalue weighted by Crippen LogP contribution is 2.20. The molecule has 2 N–H and O–H groups in total. The number of nitrogens with zero attached hydrogens (tertiary/aromatic N) is 2. The number of carbonyl (C=O) groups excluding carboxylic acids is 1. The van der Waals surface area contributed by atoms with Crippen molar-refractivity contribution in [2.45, 2.75) is 19.9 Å². The van der Waals surface area contributed by atoms with Gasteiger partial charge in [-0.3, -0.25) is 10.2 Å². The lowest BCUT2D eigenvalue weighted by molar-refractivity contribution is -0.142. The van der Waals surface area contributed by atoms with Crippen molar-refractivity contribution in [3.63, 3.8) is 0 Å². The van der Waals surface area contributed by atoms with Gasteiger partial charge in [-0.2, -0.15) is 0 Å². The smallest absolute Gasteiger partial charge is 0.310 e. The number of carbonyl (C=O) groups is 1. The zero-order chi connectivity index (χ0) is 18.4. The summed E-state index contributed by atoms with van der Waals surface area (Å²) in [5.74, 6) is -0.707. The van der Waals surface area contributed by atoms with E-state index in [4.69, 9.17) is 15.4 Å². The second-order valence-electron chi connectivity index (χ2n) is 5.57. The van der Waals surface area contributed by atoms with Gasteiger partial charge in [0, 0.05) is 13.6 Å². The van der Waals surface area contributed by atoms with Crippen molar-refractivity contribution in [3.8, 4) is 0 Å². The molecule has 0 saturated heterocycles. The Labute approximate surface area is 145 Å². The minimum absolute atomic E-state index is 0.0219. The fourth-order valence-electron chi connectivity index (χ4n) is 2.48. The Kier molecular flexibility index (Phi) is 6.05. The molecular formula is C18H20FN3O3. The summed E-state index contributed by atoms with van der Waals surface area (Å²) < 4.78 is 17.9. The average Bonchev–Trinajstić information content (AvgIpc) is 2.58. The fourth-order valence-corrected chi connectivity index (χ4v) is 2.48. The van der Waals surface area contributed by atoms with E-state index < -0.39 is 5.97 Å². The van der Waals surface area contributed by atoms with Gasteiger partial charge in [-0.15, -0.1) is 0 Å². The normalized spacial score (nSPS) is 15.6. The molecule has 25 heavy (non-hydrogen) atoms. The van der Waals surface area contributed by atoms with E-state index >= 15 is 0 Å². The van der Waals surface area contributed by atoms with Gasteiger partial charge in [-0.25, -0.2) is 4.39 Å². The Bertz CT molecular complexity index is 751.